The standard InChI is InChI=1S/C15H12NO/c16-10-9-12-5-4-8-14(11-12)15(17)13-6-2-1-3-7-13/h1-9,11,15,17H. The summed E-state index contributed by atoms with van der Waals surface area (Å²) >= 11 is 0. The molecule has 1 atom stereocenters. The van der Waals surface area contributed by atoms with Crippen LogP contribution in [0.4, 0.5) is 0 Å². The first-order chi connectivity index (χ1) is 8.31. The van der Waals surface area contributed by atoms with E-state index in [1.165, 1.54) is 6.42 Å². The highest BCUT2D eigenvalue weighted by Crippen LogP contribution is 2.22. The molecule has 0 saturated heterocycles. The van der Waals surface area contributed by atoms with Gasteiger partial charge >= 0.3 is 0 Å². The van der Waals surface area contributed by atoms with Gasteiger partial charge in [0.25, 0.3) is 0 Å². The van der Waals surface area contributed by atoms with E-state index in [2.05, 4.69) is 0 Å². The number of benzene rings is 2. The summed E-state index contributed by atoms with van der Waals surface area (Å²) in [4.78, 5) is 0. The van der Waals surface area contributed by atoms with E-state index in [0.29, 0.717) is 0 Å². The number of nitriles is 1. The van der Waals surface area contributed by atoms with Crippen LogP contribution >= 0.6 is 0 Å². The minimum absolute atomic E-state index is 0.650. The molecule has 0 aromatic heterocycles. The molecule has 0 fully saturated rings. The van der Waals surface area contributed by atoms with Gasteiger partial charge in [0, 0.05) is 0 Å². The Labute approximate surface area is 101 Å². The third kappa shape index (κ3) is 2.72. The molecule has 1 radical (unpaired) electrons. The maximum Gasteiger partial charge on any atom is 0.104 e. The lowest BCUT2D eigenvalue weighted by Crippen LogP contribution is -1.99. The molecular formula is C15H12NO. The number of nitrogens with zero attached hydrogens (tertiary/aromatic N) is 1. The first-order valence-electron chi connectivity index (χ1n) is 5.37. The van der Waals surface area contributed by atoms with E-state index in [1.807, 2.05) is 60.7 Å². The quantitative estimate of drug-likeness (QED) is 0.867. The van der Waals surface area contributed by atoms with Crippen LogP contribution in [0.5, 0.6) is 0 Å². The Bertz CT molecular complexity index is 528. The second-order valence-electron chi connectivity index (χ2n) is 3.76. The molecule has 2 nitrogen and oxygen atoms in total. The fraction of sp³-hybridized carbons (Fsp3) is 0.0667. The zero-order valence-corrected chi connectivity index (χ0v) is 9.25. The Kier molecular flexibility index (Phi) is 3.54. The largest absolute Gasteiger partial charge is 0.384 e. The summed E-state index contributed by atoms with van der Waals surface area (Å²) in [6.07, 6.45) is 0.810. The van der Waals surface area contributed by atoms with Crippen LogP contribution in [0, 0.1) is 17.8 Å². The van der Waals surface area contributed by atoms with Gasteiger partial charge in [0.15, 0.2) is 0 Å². The molecule has 1 N–H and O–H groups in total. The van der Waals surface area contributed by atoms with Crippen molar-refractivity contribution in [3.63, 3.8) is 0 Å². The molecule has 2 rings (SSSR count). The minimum Gasteiger partial charge on any atom is -0.384 e. The van der Waals surface area contributed by atoms with Gasteiger partial charge in [-0.05, 0) is 16.7 Å². The predicted molar refractivity (Wildman–Crippen MR) is 66.0 cm³/mol. The SMILES string of the molecule is N#C[CH]c1cccc(C(O)c2ccccc2)c1. The molecule has 17 heavy (non-hydrogen) atoms. The molecule has 0 spiro atoms. The van der Waals surface area contributed by atoms with Crippen LogP contribution in [0.1, 0.15) is 22.8 Å². The molecule has 0 aliphatic heterocycles. The second kappa shape index (κ2) is 5.29. The molecular weight excluding hydrogens is 210 g/mol. The van der Waals surface area contributed by atoms with E-state index in [9.17, 15) is 5.11 Å². The monoisotopic (exact) mass is 222 g/mol. The molecule has 0 aliphatic rings. The molecule has 0 amide bonds. The van der Waals surface area contributed by atoms with Crippen LogP contribution in [0.2, 0.25) is 0 Å². The number of rotatable bonds is 3. The van der Waals surface area contributed by atoms with Crippen molar-refractivity contribution in [3.8, 4) is 6.07 Å². The molecule has 2 aromatic carbocycles. The minimum atomic E-state index is -0.650. The van der Waals surface area contributed by atoms with E-state index >= 15 is 0 Å². The van der Waals surface area contributed by atoms with Crippen molar-refractivity contribution in [1.82, 2.24) is 0 Å². The van der Waals surface area contributed by atoms with Crippen LogP contribution in [-0.2, 0) is 0 Å². The maximum atomic E-state index is 10.2. The fourth-order valence-electron chi connectivity index (χ4n) is 1.72. The van der Waals surface area contributed by atoms with Crippen molar-refractivity contribution in [2.24, 2.45) is 0 Å². The lowest BCUT2D eigenvalue weighted by molar-refractivity contribution is 0.220. The second-order valence-corrected chi connectivity index (χ2v) is 3.76. The van der Waals surface area contributed by atoms with Crippen molar-refractivity contribution in [2.75, 3.05) is 0 Å². The third-order valence-electron chi connectivity index (χ3n) is 2.57. The molecule has 0 aliphatic carbocycles. The van der Waals surface area contributed by atoms with Crippen molar-refractivity contribution < 1.29 is 5.11 Å². The highest BCUT2D eigenvalue weighted by Gasteiger charge is 2.09. The maximum absolute atomic E-state index is 10.2. The van der Waals surface area contributed by atoms with Gasteiger partial charge in [-0.3, -0.25) is 0 Å². The van der Waals surface area contributed by atoms with E-state index in [1.54, 1.807) is 0 Å². The number of aliphatic hydroxyl groups excluding tert-OH is 1. The molecule has 2 heteroatoms. The summed E-state index contributed by atoms with van der Waals surface area (Å²) in [7, 11) is 0. The highest BCUT2D eigenvalue weighted by atomic mass is 16.3. The van der Waals surface area contributed by atoms with Crippen LogP contribution < -0.4 is 0 Å². The van der Waals surface area contributed by atoms with Gasteiger partial charge in [-0.2, -0.15) is 5.26 Å². The molecule has 83 valence electrons. The van der Waals surface area contributed by atoms with E-state index in [4.69, 9.17) is 5.26 Å². The zero-order chi connectivity index (χ0) is 12.1. The van der Waals surface area contributed by atoms with Crippen LogP contribution in [0.15, 0.2) is 54.6 Å². The Morgan fingerprint density at radius 2 is 1.71 bits per heavy atom. The average molecular weight is 222 g/mol. The van der Waals surface area contributed by atoms with Gasteiger partial charge < -0.3 is 5.11 Å². The Hall–Kier alpha value is -2.11. The van der Waals surface area contributed by atoms with Gasteiger partial charge in [0.05, 0.1) is 12.5 Å². The summed E-state index contributed by atoms with van der Waals surface area (Å²) in [5, 5.41) is 18.8. The van der Waals surface area contributed by atoms with E-state index in [-0.39, 0.29) is 0 Å². The summed E-state index contributed by atoms with van der Waals surface area (Å²) in [6, 6.07) is 18.8. The van der Waals surface area contributed by atoms with Crippen LogP contribution in [0.3, 0.4) is 0 Å². The Morgan fingerprint density at radius 1 is 1.00 bits per heavy atom. The highest BCUT2D eigenvalue weighted by molar-refractivity contribution is 5.37. The summed E-state index contributed by atoms with van der Waals surface area (Å²) in [6.45, 7) is 0. The van der Waals surface area contributed by atoms with Gasteiger partial charge in [0.2, 0.25) is 0 Å². The summed E-state index contributed by atoms with van der Waals surface area (Å²) in [5.41, 5.74) is 2.45. The van der Waals surface area contributed by atoms with Crippen molar-refractivity contribution in [3.05, 3.63) is 77.7 Å². The number of hydrogen-bond donors (Lipinski definition) is 1. The summed E-state index contributed by atoms with van der Waals surface area (Å²) < 4.78 is 0. The lowest BCUT2D eigenvalue weighted by Gasteiger charge is -2.11. The molecule has 0 saturated carbocycles. The van der Waals surface area contributed by atoms with Crippen molar-refractivity contribution >= 4 is 0 Å². The average Bonchev–Trinajstić information content (AvgIpc) is 2.40. The smallest absolute Gasteiger partial charge is 0.104 e. The van der Waals surface area contributed by atoms with E-state index < -0.39 is 6.10 Å². The van der Waals surface area contributed by atoms with Crippen LogP contribution in [0.25, 0.3) is 0 Å². The lowest BCUT2D eigenvalue weighted by atomic mass is 9.99. The normalized spacial score (nSPS) is 11.8. The predicted octanol–water partition coefficient (Wildman–Crippen LogP) is 2.84. The third-order valence-corrected chi connectivity index (χ3v) is 2.57. The van der Waals surface area contributed by atoms with Gasteiger partial charge in [-0.25, -0.2) is 0 Å². The summed E-state index contributed by atoms with van der Waals surface area (Å²) in [5.74, 6) is 0. The van der Waals surface area contributed by atoms with Crippen molar-refractivity contribution in [2.45, 2.75) is 6.10 Å². The molecule has 1 unspecified atom stereocenters. The Morgan fingerprint density at radius 3 is 2.41 bits per heavy atom. The molecule has 2 aromatic rings. The van der Waals surface area contributed by atoms with Gasteiger partial charge in [-0.1, -0.05) is 54.6 Å². The van der Waals surface area contributed by atoms with Gasteiger partial charge in [-0.15, -0.1) is 0 Å². The van der Waals surface area contributed by atoms with Gasteiger partial charge in [0.1, 0.15) is 6.10 Å². The first kappa shape index (κ1) is 11.4. The number of hydrogen-bond acceptors (Lipinski definition) is 2. The van der Waals surface area contributed by atoms with E-state index in [0.717, 1.165) is 16.7 Å². The van der Waals surface area contributed by atoms with Crippen LogP contribution in [-0.4, -0.2) is 5.11 Å². The first-order valence-corrected chi connectivity index (χ1v) is 5.37. The molecule has 0 heterocycles. The fourth-order valence-corrected chi connectivity index (χ4v) is 1.72. The zero-order valence-electron chi connectivity index (χ0n) is 9.25. The topological polar surface area (TPSA) is 44.0 Å². The Balaban J connectivity index is 2.28. The molecule has 0 bridgehead atoms. The number of aliphatic hydroxyl groups is 1. The van der Waals surface area contributed by atoms with Crippen molar-refractivity contribution in [1.29, 1.82) is 5.26 Å².